The Labute approximate surface area is 136 Å². The van der Waals surface area contributed by atoms with Gasteiger partial charge in [-0.15, -0.1) is 0 Å². The van der Waals surface area contributed by atoms with Crippen LogP contribution in [0.25, 0.3) is 0 Å². The van der Waals surface area contributed by atoms with Gasteiger partial charge in [0.25, 0.3) is 0 Å². The quantitative estimate of drug-likeness (QED) is 0.567. The smallest absolute Gasteiger partial charge is 0.191 e. The monoisotopic (exact) mass is 315 g/mol. The Balaban J connectivity index is 1.95. The lowest BCUT2D eigenvalue weighted by atomic mass is 10.1. The number of nitrogens with one attached hydrogen (secondary N) is 2. The van der Waals surface area contributed by atoms with E-state index in [1.165, 1.54) is 6.07 Å². The van der Waals surface area contributed by atoms with Crippen molar-refractivity contribution in [3.63, 3.8) is 0 Å². The molecule has 0 amide bonds. The van der Waals surface area contributed by atoms with Gasteiger partial charge in [-0.3, -0.25) is 0 Å². The third kappa shape index (κ3) is 5.38. The summed E-state index contributed by atoms with van der Waals surface area (Å²) in [6, 6.07) is 16.1. The Hall–Kier alpha value is -2.40. The molecule has 0 fully saturated rings. The van der Waals surface area contributed by atoms with Crippen molar-refractivity contribution < 1.29 is 9.50 Å². The Kier molecular flexibility index (Phi) is 6.56. The molecule has 5 heteroatoms. The molecule has 2 aromatic carbocycles. The first kappa shape index (κ1) is 17.0. The minimum absolute atomic E-state index is 0.182. The van der Waals surface area contributed by atoms with Crippen LogP contribution in [0.4, 0.5) is 4.39 Å². The van der Waals surface area contributed by atoms with Gasteiger partial charge in [0.1, 0.15) is 5.82 Å². The van der Waals surface area contributed by atoms with E-state index in [9.17, 15) is 9.50 Å². The average molecular weight is 315 g/mol. The predicted octanol–water partition coefficient (Wildman–Crippen LogP) is 2.61. The molecule has 4 nitrogen and oxygen atoms in total. The summed E-state index contributed by atoms with van der Waals surface area (Å²) in [6.45, 7) is 3.39. The van der Waals surface area contributed by atoms with E-state index < -0.39 is 11.9 Å². The van der Waals surface area contributed by atoms with Gasteiger partial charge in [0.05, 0.1) is 12.6 Å². The molecule has 1 unspecified atom stereocenters. The second-order valence-electron chi connectivity index (χ2n) is 5.10. The van der Waals surface area contributed by atoms with Crippen LogP contribution in [-0.2, 0) is 6.54 Å². The number of halogens is 1. The summed E-state index contributed by atoms with van der Waals surface area (Å²) in [7, 11) is 0. The molecule has 23 heavy (non-hydrogen) atoms. The van der Waals surface area contributed by atoms with Gasteiger partial charge in [-0.2, -0.15) is 0 Å². The van der Waals surface area contributed by atoms with Crippen molar-refractivity contribution in [3.05, 3.63) is 71.5 Å². The maximum Gasteiger partial charge on any atom is 0.191 e. The summed E-state index contributed by atoms with van der Waals surface area (Å²) in [6.07, 6.45) is -0.934. The third-order valence-electron chi connectivity index (χ3n) is 3.33. The highest BCUT2D eigenvalue weighted by atomic mass is 19.1. The normalized spacial score (nSPS) is 12.7. The molecule has 0 saturated carbocycles. The van der Waals surface area contributed by atoms with Gasteiger partial charge >= 0.3 is 0 Å². The van der Waals surface area contributed by atoms with Crippen molar-refractivity contribution in [2.24, 2.45) is 4.99 Å². The van der Waals surface area contributed by atoms with Crippen LogP contribution < -0.4 is 10.6 Å². The summed E-state index contributed by atoms with van der Waals surface area (Å²) in [4.78, 5) is 4.46. The zero-order valence-electron chi connectivity index (χ0n) is 13.2. The Morgan fingerprint density at radius 3 is 2.48 bits per heavy atom. The van der Waals surface area contributed by atoms with E-state index in [4.69, 9.17) is 0 Å². The molecular formula is C18H22FN3O. The second kappa shape index (κ2) is 8.90. The molecule has 1 atom stereocenters. The van der Waals surface area contributed by atoms with Crippen LogP contribution >= 0.6 is 0 Å². The molecular weight excluding hydrogens is 293 g/mol. The van der Waals surface area contributed by atoms with Crippen molar-refractivity contribution in [3.8, 4) is 0 Å². The lowest BCUT2D eigenvalue weighted by molar-refractivity contribution is 0.176. The molecule has 0 aliphatic heterocycles. The molecule has 0 aliphatic carbocycles. The van der Waals surface area contributed by atoms with Crippen LogP contribution in [0, 0.1) is 5.82 Å². The largest absolute Gasteiger partial charge is 0.386 e. The predicted molar refractivity (Wildman–Crippen MR) is 90.6 cm³/mol. The first-order valence-corrected chi connectivity index (χ1v) is 7.69. The highest BCUT2D eigenvalue weighted by molar-refractivity contribution is 5.79. The van der Waals surface area contributed by atoms with E-state index in [-0.39, 0.29) is 12.1 Å². The fourth-order valence-corrected chi connectivity index (χ4v) is 2.14. The number of guanidine groups is 1. The van der Waals surface area contributed by atoms with E-state index in [2.05, 4.69) is 15.6 Å². The lowest BCUT2D eigenvalue weighted by Crippen LogP contribution is -2.39. The molecule has 122 valence electrons. The minimum atomic E-state index is -0.934. The van der Waals surface area contributed by atoms with E-state index in [1.807, 2.05) is 37.3 Å². The maximum absolute atomic E-state index is 13.6. The molecule has 0 aromatic heterocycles. The molecule has 0 aliphatic rings. The van der Waals surface area contributed by atoms with E-state index >= 15 is 0 Å². The molecule has 0 radical (unpaired) electrons. The summed E-state index contributed by atoms with van der Waals surface area (Å²) in [5, 5.41) is 16.3. The number of hydrogen-bond donors (Lipinski definition) is 3. The van der Waals surface area contributed by atoms with Crippen molar-refractivity contribution in [1.82, 2.24) is 10.6 Å². The summed E-state index contributed by atoms with van der Waals surface area (Å²) in [5.41, 5.74) is 1.37. The highest BCUT2D eigenvalue weighted by Crippen LogP contribution is 2.15. The molecule has 0 saturated heterocycles. The fraction of sp³-hybridized carbons (Fsp3) is 0.278. The van der Waals surface area contributed by atoms with Gasteiger partial charge in [0.2, 0.25) is 0 Å². The molecule has 3 N–H and O–H groups in total. The zero-order valence-corrected chi connectivity index (χ0v) is 13.2. The van der Waals surface area contributed by atoms with Gasteiger partial charge in [0.15, 0.2) is 5.96 Å². The average Bonchev–Trinajstić information content (AvgIpc) is 2.58. The van der Waals surface area contributed by atoms with Crippen LogP contribution in [0.1, 0.15) is 24.2 Å². The van der Waals surface area contributed by atoms with Crippen LogP contribution in [0.15, 0.2) is 59.6 Å². The SMILES string of the molecule is CCNC(=NCc1ccccc1)NCC(O)c1ccccc1F. The molecule has 0 heterocycles. The van der Waals surface area contributed by atoms with Crippen LogP contribution in [-0.4, -0.2) is 24.2 Å². The number of rotatable bonds is 6. The van der Waals surface area contributed by atoms with Gasteiger partial charge in [-0.05, 0) is 18.6 Å². The summed E-state index contributed by atoms with van der Waals surface area (Å²) < 4.78 is 13.6. The first-order valence-electron chi connectivity index (χ1n) is 7.69. The molecule has 0 bridgehead atoms. The Bertz CT molecular complexity index is 631. The molecule has 2 aromatic rings. The highest BCUT2D eigenvalue weighted by Gasteiger charge is 2.12. The minimum Gasteiger partial charge on any atom is -0.386 e. The van der Waals surface area contributed by atoms with Crippen molar-refractivity contribution in [1.29, 1.82) is 0 Å². The lowest BCUT2D eigenvalue weighted by Gasteiger charge is -2.16. The molecule has 0 spiro atoms. The van der Waals surface area contributed by atoms with E-state index in [1.54, 1.807) is 18.2 Å². The van der Waals surface area contributed by atoms with Crippen LogP contribution in [0.3, 0.4) is 0 Å². The first-order chi connectivity index (χ1) is 11.2. The number of aliphatic hydroxyl groups excluding tert-OH is 1. The van der Waals surface area contributed by atoms with Gasteiger partial charge < -0.3 is 15.7 Å². The van der Waals surface area contributed by atoms with E-state index in [0.717, 1.165) is 5.56 Å². The number of benzene rings is 2. The van der Waals surface area contributed by atoms with Gasteiger partial charge in [-0.25, -0.2) is 9.38 Å². The van der Waals surface area contributed by atoms with Crippen molar-refractivity contribution in [2.75, 3.05) is 13.1 Å². The maximum atomic E-state index is 13.6. The second-order valence-corrected chi connectivity index (χ2v) is 5.10. The summed E-state index contributed by atoms with van der Waals surface area (Å²) in [5.74, 6) is 0.180. The third-order valence-corrected chi connectivity index (χ3v) is 3.33. The van der Waals surface area contributed by atoms with Crippen molar-refractivity contribution >= 4 is 5.96 Å². The summed E-state index contributed by atoms with van der Waals surface area (Å²) >= 11 is 0. The van der Waals surface area contributed by atoms with Crippen LogP contribution in [0.2, 0.25) is 0 Å². The Morgan fingerprint density at radius 1 is 1.09 bits per heavy atom. The number of aliphatic hydroxyl groups is 1. The fourth-order valence-electron chi connectivity index (χ4n) is 2.14. The van der Waals surface area contributed by atoms with Crippen LogP contribution in [0.5, 0.6) is 0 Å². The van der Waals surface area contributed by atoms with E-state index in [0.29, 0.717) is 19.0 Å². The Morgan fingerprint density at radius 2 is 1.78 bits per heavy atom. The van der Waals surface area contributed by atoms with Gasteiger partial charge in [-0.1, -0.05) is 48.5 Å². The number of aliphatic imine (C=N–C) groups is 1. The number of nitrogens with zero attached hydrogens (tertiary/aromatic N) is 1. The number of hydrogen-bond acceptors (Lipinski definition) is 2. The molecule has 2 rings (SSSR count). The topological polar surface area (TPSA) is 56.7 Å². The standard InChI is InChI=1S/C18H22FN3O/c1-2-20-18(21-12-14-8-4-3-5-9-14)22-13-17(23)15-10-6-7-11-16(15)19/h3-11,17,23H,2,12-13H2,1H3,(H2,20,21,22). The van der Waals surface area contributed by atoms with Crippen molar-refractivity contribution in [2.45, 2.75) is 19.6 Å². The zero-order chi connectivity index (χ0) is 16.5. The van der Waals surface area contributed by atoms with Gasteiger partial charge in [0, 0.05) is 18.7 Å².